The van der Waals surface area contributed by atoms with Crippen molar-refractivity contribution >= 4 is 27.3 Å². The first-order chi connectivity index (χ1) is 11.8. The second kappa shape index (κ2) is 7.31. The van der Waals surface area contributed by atoms with Crippen LogP contribution in [0.25, 0.3) is 0 Å². The molecule has 7 nitrogen and oxygen atoms in total. The summed E-state index contributed by atoms with van der Waals surface area (Å²) in [7, 11) is -1.23. The van der Waals surface area contributed by atoms with Crippen LogP contribution < -0.4 is 10.2 Å². The van der Waals surface area contributed by atoms with Crippen molar-refractivity contribution in [2.45, 2.75) is 18.9 Å². The van der Waals surface area contributed by atoms with E-state index in [1.807, 2.05) is 24.3 Å². The van der Waals surface area contributed by atoms with Gasteiger partial charge in [0.2, 0.25) is 15.9 Å². The molecular weight excluding hydrogens is 340 g/mol. The van der Waals surface area contributed by atoms with Crippen molar-refractivity contribution in [1.29, 1.82) is 0 Å². The van der Waals surface area contributed by atoms with Crippen molar-refractivity contribution in [1.82, 2.24) is 9.21 Å². The molecule has 8 heteroatoms. The third-order valence-corrected chi connectivity index (χ3v) is 5.98. The van der Waals surface area contributed by atoms with Gasteiger partial charge in [-0.2, -0.15) is 4.31 Å². The molecule has 0 bridgehead atoms. The molecular formula is C17H26N4O3S. The Balaban J connectivity index is 1.56. The second-order valence-corrected chi connectivity index (χ2v) is 8.86. The van der Waals surface area contributed by atoms with Crippen molar-refractivity contribution in [3.8, 4) is 0 Å². The number of nitrogens with zero attached hydrogens (tertiary/aromatic N) is 3. The van der Waals surface area contributed by atoms with Crippen LogP contribution in [0.4, 0.5) is 11.4 Å². The van der Waals surface area contributed by atoms with Gasteiger partial charge in [0.25, 0.3) is 0 Å². The standard InChI is InChI=1S/C17H26N4O3S/c1-19-9-11-20(12-10-19)15-5-3-14(4-6-15)18-17(22)13-21(16-7-8-16)25(2,23)24/h3-6,16H,7-13H2,1-2H3,(H,18,22). The SMILES string of the molecule is CN1CCN(c2ccc(NC(=O)CN(C3CC3)S(C)(=O)=O)cc2)CC1. The van der Waals surface area contributed by atoms with Gasteiger partial charge in [-0.05, 0) is 44.2 Å². The summed E-state index contributed by atoms with van der Waals surface area (Å²) in [4.78, 5) is 16.8. The van der Waals surface area contributed by atoms with Gasteiger partial charge in [0, 0.05) is 43.6 Å². The lowest BCUT2D eigenvalue weighted by molar-refractivity contribution is -0.116. The molecule has 1 aliphatic heterocycles. The van der Waals surface area contributed by atoms with E-state index in [0.29, 0.717) is 5.69 Å². The molecule has 1 aromatic carbocycles. The predicted octanol–water partition coefficient (Wildman–Crippen LogP) is 0.801. The van der Waals surface area contributed by atoms with Gasteiger partial charge in [-0.15, -0.1) is 0 Å². The Kier molecular flexibility index (Phi) is 5.31. The number of sulfonamides is 1. The number of rotatable bonds is 6. The lowest BCUT2D eigenvalue weighted by Gasteiger charge is -2.34. The fourth-order valence-corrected chi connectivity index (χ4v) is 4.15. The quantitative estimate of drug-likeness (QED) is 0.806. The third kappa shape index (κ3) is 4.93. The maximum Gasteiger partial charge on any atom is 0.239 e. The van der Waals surface area contributed by atoms with Crippen LogP contribution in [0.5, 0.6) is 0 Å². The number of likely N-dealkylation sites (N-methyl/N-ethyl adjacent to an activating group) is 1. The Labute approximate surface area is 149 Å². The Bertz CT molecular complexity index is 708. The van der Waals surface area contributed by atoms with Gasteiger partial charge >= 0.3 is 0 Å². The highest BCUT2D eigenvalue weighted by Gasteiger charge is 2.36. The van der Waals surface area contributed by atoms with Crippen LogP contribution >= 0.6 is 0 Å². The number of nitrogens with one attached hydrogen (secondary N) is 1. The van der Waals surface area contributed by atoms with E-state index in [0.717, 1.165) is 51.0 Å². The number of amides is 1. The minimum atomic E-state index is -3.35. The van der Waals surface area contributed by atoms with Crippen molar-refractivity contribution in [3.05, 3.63) is 24.3 Å². The number of anilines is 2. The van der Waals surface area contributed by atoms with Crippen LogP contribution in [0.2, 0.25) is 0 Å². The van der Waals surface area contributed by atoms with E-state index >= 15 is 0 Å². The summed E-state index contributed by atoms with van der Waals surface area (Å²) in [5, 5.41) is 2.79. The topological polar surface area (TPSA) is 73.0 Å². The summed E-state index contributed by atoms with van der Waals surface area (Å²) >= 11 is 0. The van der Waals surface area contributed by atoms with E-state index in [1.54, 1.807) is 0 Å². The first-order valence-electron chi connectivity index (χ1n) is 8.63. The van der Waals surface area contributed by atoms with Crippen LogP contribution in [0.15, 0.2) is 24.3 Å². The molecule has 0 atom stereocenters. The predicted molar refractivity (Wildman–Crippen MR) is 99.4 cm³/mol. The van der Waals surface area contributed by atoms with Crippen LogP contribution in [0.3, 0.4) is 0 Å². The van der Waals surface area contributed by atoms with Crippen molar-refractivity contribution in [2.24, 2.45) is 0 Å². The summed E-state index contributed by atoms with van der Waals surface area (Å²) < 4.78 is 24.9. The molecule has 1 heterocycles. The molecule has 138 valence electrons. The van der Waals surface area contributed by atoms with Gasteiger partial charge in [0.1, 0.15) is 0 Å². The van der Waals surface area contributed by atoms with Crippen LogP contribution in [0.1, 0.15) is 12.8 Å². The Hall–Kier alpha value is -1.64. The Morgan fingerprint density at radius 2 is 1.76 bits per heavy atom. The Morgan fingerprint density at radius 3 is 2.28 bits per heavy atom. The summed E-state index contributed by atoms with van der Waals surface area (Å²) in [5.74, 6) is -0.301. The van der Waals surface area contributed by atoms with Gasteiger partial charge in [-0.3, -0.25) is 4.79 Å². The molecule has 0 aromatic heterocycles. The lowest BCUT2D eigenvalue weighted by Crippen LogP contribution is -2.44. The molecule has 1 amide bonds. The number of carbonyl (C=O) groups is 1. The minimum absolute atomic E-state index is 0.0136. The maximum atomic E-state index is 12.2. The van der Waals surface area contributed by atoms with E-state index in [-0.39, 0.29) is 18.5 Å². The molecule has 25 heavy (non-hydrogen) atoms. The summed E-state index contributed by atoms with van der Waals surface area (Å²) in [5.41, 5.74) is 1.83. The smallest absolute Gasteiger partial charge is 0.239 e. The Morgan fingerprint density at radius 1 is 1.16 bits per heavy atom. The maximum absolute atomic E-state index is 12.2. The monoisotopic (exact) mass is 366 g/mol. The number of piperazine rings is 1. The molecule has 0 spiro atoms. The fraction of sp³-hybridized carbons (Fsp3) is 0.588. The molecule has 1 N–H and O–H groups in total. The zero-order chi connectivity index (χ0) is 18.0. The average molecular weight is 366 g/mol. The first kappa shape index (κ1) is 18.2. The number of hydrogen-bond donors (Lipinski definition) is 1. The molecule has 0 unspecified atom stereocenters. The highest BCUT2D eigenvalue weighted by atomic mass is 32.2. The number of carbonyl (C=O) groups excluding carboxylic acids is 1. The fourth-order valence-electron chi connectivity index (χ4n) is 3.04. The molecule has 1 saturated carbocycles. The highest BCUT2D eigenvalue weighted by molar-refractivity contribution is 7.88. The third-order valence-electron chi connectivity index (χ3n) is 4.70. The van der Waals surface area contributed by atoms with Crippen LogP contribution in [-0.4, -0.2) is 75.6 Å². The molecule has 1 aliphatic carbocycles. The normalized spacial score (nSPS) is 19.2. The lowest BCUT2D eigenvalue weighted by atomic mass is 10.2. The van der Waals surface area contributed by atoms with Gasteiger partial charge in [0.15, 0.2) is 0 Å². The van der Waals surface area contributed by atoms with E-state index in [4.69, 9.17) is 0 Å². The molecule has 2 aliphatic rings. The number of hydrogen-bond acceptors (Lipinski definition) is 5. The van der Waals surface area contributed by atoms with Crippen LogP contribution in [0, 0.1) is 0 Å². The second-order valence-electron chi connectivity index (χ2n) is 6.92. The highest BCUT2D eigenvalue weighted by Crippen LogP contribution is 2.28. The van der Waals surface area contributed by atoms with Gasteiger partial charge in [0.05, 0.1) is 12.8 Å². The van der Waals surface area contributed by atoms with E-state index in [9.17, 15) is 13.2 Å². The van der Waals surface area contributed by atoms with Crippen LogP contribution in [-0.2, 0) is 14.8 Å². The van der Waals surface area contributed by atoms with Gasteiger partial charge in [-0.1, -0.05) is 0 Å². The van der Waals surface area contributed by atoms with Crippen molar-refractivity contribution < 1.29 is 13.2 Å². The van der Waals surface area contributed by atoms with E-state index in [1.165, 1.54) is 4.31 Å². The number of benzene rings is 1. The summed E-state index contributed by atoms with van der Waals surface area (Å²) in [6.45, 7) is 3.95. The minimum Gasteiger partial charge on any atom is -0.369 e. The summed E-state index contributed by atoms with van der Waals surface area (Å²) in [6.07, 6.45) is 2.82. The van der Waals surface area contributed by atoms with Crippen molar-refractivity contribution in [3.63, 3.8) is 0 Å². The molecule has 0 radical (unpaired) electrons. The first-order valence-corrected chi connectivity index (χ1v) is 10.5. The summed E-state index contributed by atoms with van der Waals surface area (Å²) in [6, 6.07) is 7.72. The molecule has 1 saturated heterocycles. The molecule has 2 fully saturated rings. The van der Waals surface area contributed by atoms with E-state index in [2.05, 4.69) is 22.2 Å². The molecule has 1 aromatic rings. The van der Waals surface area contributed by atoms with Gasteiger partial charge in [-0.25, -0.2) is 8.42 Å². The van der Waals surface area contributed by atoms with Gasteiger partial charge < -0.3 is 15.1 Å². The van der Waals surface area contributed by atoms with E-state index < -0.39 is 10.0 Å². The zero-order valence-corrected chi connectivity index (χ0v) is 15.6. The largest absolute Gasteiger partial charge is 0.369 e. The van der Waals surface area contributed by atoms with Crippen molar-refractivity contribution in [2.75, 3.05) is 56.2 Å². The molecule has 3 rings (SSSR count). The average Bonchev–Trinajstić information content (AvgIpc) is 3.38. The zero-order valence-electron chi connectivity index (χ0n) is 14.8.